The van der Waals surface area contributed by atoms with Crippen LogP contribution in [0.2, 0.25) is 0 Å². The van der Waals surface area contributed by atoms with Gasteiger partial charge in [0.1, 0.15) is 5.01 Å². The van der Waals surface area contributed by atoms with Crippen LogP contribution in [-0.4, -0.2) is 18.5 Å². The van der Waals surface area contributed by atoms with Crippen LogP contribution < -0.4 is 0 Å². The predicted molar refractivity (Wildman–Crippen MR) is 38.0 cm³/mol. The Morgan fingerprint density at radius 1 is 1.75 bits per heavy atom. The average Bonchev–Trinajstić information content (AvgIpc) is 2.14. The third-order valence-corrected chi connectivity index (χ3v) is 1.38. The van der Waals surface area contributed by atoms with Crippen molar-refractivity contribution in [1.29, 1.82) is 0 Å². The van der Waals surface area contributed by atoms with E-state index < -0.39 is 0 Å². The van der Waals surface area contributed by atoms with E-state index in [2.05, 4.69) is 4.98 Å². The summed E-state index contributed by atoms with van der Waals surface area (Å²) in [6, 6.07) is 0. The van der Waals surface area contributed by atoms with Gasteiger partial charge in [0.15, 0.2) is 0 Å². The van der Waals surface area contributed by atoms with Gasteiger partial charge in [-0.1, -0.05) is 0 Å². The van der Waals surface area contributed by atoms with E-state index in [9.17, 15) is 0 Å². The van der Waals surface area contributed by atoms with E-state index in [-0.39, 0.29) is 15.0 Å². The Hall–Kier alpha value is -0.345. The van der Waals surface area contributed by atoms with E-state index in [0.717, 1.165) is 5.01 Å². The van der Waals surface area contributed by atoms with Crippen molar-refractivity contribution < 1.29 is 5.11 Å². The highest BCUT2D eigenvalue weighted by Gasteiger charge is 1.85. The molecule has 0 aliphatic carbocycles. The molecule has 0 spiro atoms. The van der Waals surface area contributed by atoms with Crippen LogP contribution in [0.1, 0.15) is 5.01 Å². The Morgan fingerprint density at radius 2 is 2.50 bits per heavy atom. The van der Waals surface area contributed by atoms with Crippen molar-refractivity contribution >= 4 is 19.7 Å². The fourth-order valence-electron chi connectivity index (χ4n) is 0.331. The van der Waals surface area contributed by atoms with Crippen molar-refractivity contribution in [2.75, 3.05) is 0 Å². The molecule has 0 aliphatic rings. The highest BCUT2D eigenvalue weighted by molar-refractivity contribution is 7.09. The molecule has 0 radical (unpaired) electrons. The van der Waals surface area contributed by atoms with Crippen LogP contribution in [0.4, 0.5) is 0 Å². The molecule has 8 heavy (non-hydrogen) atoms. The number of nitrogens with zero attached hydrogens (tertiary/aromatic N) is 1. The summed E-state index contributed by atoms with van der Waals surface area (Å²) >= 11 is 1.46. The molecule has 1 N–H and O–H groups in total. The lowest BCUT2D eigenvalue weighted by Gasteiger charge is -1.77. The molecule has 1 rings (SSSR count). The van der Waals surface area contributed by atoms with E-state index in [1.54, 1.807) is 6.20 Å². The second-order valence-electron chi connectivity index (χ2n) is 1.08. The first-order valence-electron chi connectivity index (χ1n) is 1.92. The van der Waals surface area contributed by atoms with Gasteiger partial charge in [-0.05, 0) is 0 Å². The van der Waals surface area contributed by atoms with Gasteiger partial charge in [0.25, 0.3) is 0 Å². The maximum absolute atomic E-state index is 8.37. The summed E-state index contributed by atoms with van der Waals surface area (Å²) in [5.41, 5.74) is 0. The number of hydrogen-bond acceptors (Lipinski definition) is 3. The Balaban J connectivity index is 0.000000490. The van der Waals surface area contributed by atoms with Crippen molar-refractivity contribution in [1.82, 2.24) is 4.98 Å². The van der Waals surface area contributed by atoms with Crippen LogP contribution in [0.5, 0.6) is 0 Å². The van der Waals surface area contributed by atoms with Crippen LogP contribution >= 0.6 is 11.3 Å². The van der Waals surface area contributed by atoms with Gasteiger partial charge in [0.05, 0.1) is 15.0 Å². The monoisotopic (exact) mass is 129 g/mol. The minimum atomic E-state index is 0. The summed E-state index contributed by atoms with van der Waals surface area (Å²) in [6.45, 7) is 0.0671. The van der Waals surface area contributed by atoms with Crippen LogP contribution in [0.3, 0.4) is 0 Å². The Bertz CT molecular complexity index is 131. The van der Waals surface area contributed by atoms with E-state index in [0.29, 0.717) is 0 Å². The molecule has 4 heteroatoms. The van der Waals surface area contributed by atoms with Crippen LogP contribution in [0.15, 0.2) is 11.6 Å². The fraction of sp³-hybridized carbons (Fsp3) is 0.250. The third-order valence-electron chi connectivity index (χ3n) is 0.619. The molecule has 0 saturated carbocycles. The van der Waals surface area contributed by atoms with E-state index in [1.165, 1.54) is 11.3 Å². The van der Waals surface area contributed by atoms with Gasteiger partial charge in [-0.25, -0.2) is 4.98 Å². The summed E-state index contributed by atoms with van der Waals surface area (Å²) in [7, 11) is 0. The molecule has 0 fully saturated rings. The number of hydrogen-bond donors (Lipinski definition) is 1. The third kappa shape index (κ3) is 1.64. The van der Waals surface area contributed by atoms with Crippen molar-refractivity contribution in [3.8, 4) is 0 Å². The number of aromatic nitrogens is 1. The van der Waals surface area contributed by atoms with Crippen LogP contribution in [-0.2, 0) is 6.61 Å². The standard InChI is InChI=1S/C4H5NOS.BH3/c6-3-4-5-1-2-7-4;/h1-2,6H,3H2;1H3. The normalized spacial score (nSPS) is 8.12. The molecule has 0 saturated heterocycles. The molecule has 0 unspecified atom stereocenters. The van der Waals surface area contributed by atoms with Crippen LogP contribution in [0.25, 0.3) is 0 Å². The molecule has 0 atom stereocenters. The van der Waals surface area contributed by atoms with Crippen molar-refractivity contribution in [3.05, 3.63) is 16.6 Å². The van der Waals surface area contributed by atoms with Gasteiger partial charge in [-0.15, -0.1) is 11.3 Å². The zero-order valence-electron chi connectivity index (χ0n) is 3.66. The fourth-order valence-corrected chi connectivity index (χ4v) is 0.806. The number of thiazole rings is 1. The molecule has 1 heterocycles. The zero-order chi connectivity index (χ0) is 5.11. The van der Waals surface area contributed by atoms with Crippen molar-refractivity contribution in [3.63, 3.8) is 0 Å². The molecule has 2 nitrogen and oxygen atoms in total. The lowest BCUT2D eigenvalue weighted by Crippen LogP contribution is -1.75. The van der Waals surface area contributed by atoms with Crippen LogP contribution in [0, 0.1) is 0 Å². The van der Waals surface area contributed by atoms with Gasteiger partial charge in [0.2, 0.25) is 0 Å². The molecule has 1 aromatic heterocycles. The first kappa shape index (κ1) is 7.65. The summed E-state index contributed by atoms with van der Waals surface area (Å²) in [5, 5.41) is 11.0. The lowest BCUT2D eigenvalue weighted by atomic mass is 10.8. The summed E-state index contributed by atoms with van der Waals surface area (Å²) in [6.07, 6.45) is 1.68. The van der Waals surface area contributed by atoms with E-state index >= 15 is 0 Å². The maximum atomic E-state index is 8.37. The molecular weight excluding hydrogens is 121 g/mol. The number of aliphatic hydroxyl groups excluding tert-OH is 1. The number of rotatable bonds is 1. The average molecular weight is 129 g/mol. The molecule has 44 valence electrons. The molecule has 0 amide bonds. The molecule has 0 bridgehead atoms. The molecular formula is C4H8BNOS. The van der Waals surface area contributed by atoms with Gasteiger partial charge >= 0.3 is 0 Å². The highest BCUT2D eigenvalue weighted by Crippen LogP contribution is 2.01. The van der Waals surface area contributed by atoms with Gasteiger partial charge < -0.3 is 5.11 Å². The second kappa shape index (κ2) is 3.63. The highest BCUT2D eigenvalue weighted by atomic mass is 32.1. The topological polar surface area (TPSA) is 33.1 Å². The second-order valence-corrected chi connectivity index (χ2v) is 2.06. The smallest absolute Gasteiger partial charge is 0.118 e. The minimum absolute atomic E-state index is 0. The van der Waals surface area contributed by atoms with E-state index in [4.69, 9.17) is 5.11 Å². The molecule has 0 aromatic carbocycles. The van der Waals surface area contributed by atoms with Crippen molar-refractivity contribution in [2.45, 2.75) is 6.61 Å². The molecule has 1 aromatic rings. The first-order chi connectivity index (χ1) is 3.43. The van der Waals surface area contributed by atoms with E-state index in [1.807, 2.05) is 5.38 Å². The largest absolute Gasteiger partial charge is 0.389 e. The van der Waals surface area contributed by atoms with Gasteiger partial charge in [0, 0.05) is 11.6 Å². The molecule has 0 aliphatic heterocycles. The maximum Gasteiger partial charge on any atom is 0.118 e. The summed E-state index contributed by atoms with van der Waals surface area (Å²) < 4.78 is 0. The lowest BCUT2D eigenvalue weighted by molar-refractivity contribution is 0.281. The Labute approximate surface area is 53.8 Å². The minimum Gasteiger partial charge on any atom is -0.389 e. The van der Waals surface area contributed by atoms with Gasteiger partial charge in [-0.3, -0.25) is 0 Å². The predicted octanol–water partition coefficient (Wildman–Crippen LogP) is -0.548. The summed E-state index contributed by atoms with van der Waals surface area (Å²) in [5.74, 6) is 0. The summed E-state index contributed by atoms with van der Waals surface area (Å²) in [4.78, 5) is 3.80. The van der Waals surface area contributed by atoms with Gasteiger partial charge in [-0.2, -0.15) is 0 Å². The Kier molecular flexibility index (Phi) is 3.48. The SMILES string of the molecule is B.OCc1nccs1. The first-order valence-corrected chi connectivity index (χ1v) is 2.80. The Morgan fingerprint density at radius 3 is 2.75 bits per heavy atom. The van der Waals surface area contributed by atoms with Crippen molar-refractivity contribution in [2.24, 2.45) is 0 Å². The number of aliphatic hydroxyl groups is 1. The quantitative estimate of drug-likeness (QED) is 0.516. The zero-order valence-corrected chi connectivity index (χ0v) is 4.48.